The lowest BCUT2D eigenvalue weighted by Crippen LogP contribution is -2.13. The number of methoxy groups -OCH3 is 1. The number of benzene rings is 1. The number of aryl methyl sites for hydroxylation is 2. The molecule has 2 heterocycles. The Kier molecular flexibility index (Phi) is 5.25. The van der Waals surface area contributed by atoms with Gasteiger partial charge in [0.15, 0.2) is 5.13 Å². The van der Waals surface area contributed by atoms with E-state index >= 15 is 0 Å². The van der Waals surface area contributed by atoms with Crippen LogP contribution < -0.4 is 5.32 Å². The predicted octanol–water partition coefficient (Wildman–Crippen LogP) is 3.86. The van der Waals surface area contributed by atoms with Crippen LogP contribution in [0.25, 0.3) is 11.3 Å². The molecule has 0 spiro atoms. The molecule has 130 valence electrons. The van der Waals surface area contributed by atoms with Crippen LogP contribution in [-0.2, 0) is 11.2 Å². The van der Waals surface area contributed by atoms with E-state index in [2.05, 4.69) is 27.6 Å². The highest BCUT2D eigenvalue weighted by Crippen LogP contribution is 2.26. The molecule has 1 amide bonds. The number of aromatic nitrogens is 2. The van der Waals surface area contributed by atoms with Crippen molar-refractivity contribution in [2.45, 2.75) is 20.3 Å². The van der Waals surface area contributed by atoms with Crippen LogP contribution >= 0.6 is 11.3 Å². The summed E-state index contributed by atoms with van der Waals surface area (Å²) >= 11 is 1.39. The first-order valence-electron chi connectivity index (χ1n) is 7.86. The van der Waals surface area contributed by atoms with E-state index < -0.39 is 0 Å². The van der Waals surface area contributed by atoms with Gasteiger partial charge in [0.05, 0.1) is 18.0 Å². The first-order chi connectivity index (χ1) is 12.1. The summed E-state index contributed by atoms with van der Waals surface area (Å²) in [5, 5.41) is 9.08. The van der Waals surface area contributed by atoms with Gasteiger partial charge in [0, 0.05) is 18.1 Å². The summed E-state index contributed by atoms with van der Waals surface area (Å²) in [6, 6.07) is 8.19. The minimum Gasteiger partial charge on any atom is -0.384 e. The SMILES string of the molecule is COCCc1ccc(-c2csc(NC(=O)c3c(C)noc3C)n2)cc1. The Balaban J connectivity index is 1.71. The highest BCUT2D eigenvalue weighted by atomic mass is 32.1. The fraction of sp³-hybridized carbons (Fsp3) is 0.278. The van der Waals surface area contributed by atoms with E-state index in [0.717, 1.165) is 17.7 Å². The minimum atomic E-state index is -0.257. The lowest BCUT2D eigenvalue weighted by Gasteiger charge is -2.02. The molecule has 0 fully saturated rings. The van der Waals surface area contributed by atoms with Gasteiger partial charge in [0.1, 0.15) is 11.3 Å². The largest absolute Gasteiger partial charge is 0.384 e. The van der Waals surface area contributed by atoms with Gasteiger partial charge in [-0.2, -0.15) is 0 Å². The molecule has 1 aromatic carbocycles. The standard InChI is InChI=1S/C18H19N3O3S/c1-11-16(12(2)24-21-11)17(22)20-18-19-15(10-25-18)14-6-4-13(5-7-14)8-9-23-3/h4-7,10H,8-9H2,1-3H3,(H,19,20,22). The van der Waals surface area contributed by atoms with E-state index in [1.54, 1.807) is 21.0 Å². The molecule has 7 heteroatoms. The molecule has 0 saturated carbocycles. The molecule has 0 aliphatic heterocycles. The van der Waals surface area contributed by atoms with Crippen LogP contribution in [0.5, 0.6) is 0 Å². The van der Waals surface area contributed by atoms with Crippen LogP contribution in [0.1, 0.15) is 27.4 Å². The molecule has 0 radical (unpaired) electrons. The van der Waals surface area contributed by atoms with Gasteiger partial charge < -0.3 is 9.26 Å². The zero-order chi connectivity index (χ0) is 17.8. The molecule has 0 aliphatic carbocycles. The Labute approximate surface area is 149 Å². The fourth-order valence-corrected chi connectivity index (χ4v) is 3.21. The average Bonchev–Trinajstić information content (AvgIpc) is 3.20. The van der Waals surface area contributed by atoms with Crippen molar-refractivity contribution in [3.63, 3.8) is 0 Å². The van der Waals surface area contributed by atoms with E-state index in [9.17, 15) is 4.79 Å². The second-order valence-electron chi connectivity index (χ2n) is 5.63. The second kappa shape index (κ2) is 7.58. The zero-order valence-corrected chi connectivity index (χ0v) is 15.1. The number of rotatable bonds is 6. The molecule has 0 aliphatic rings. The molecule has 0 bridgehead atoms. The Morgan fingerprint density at radius 3 is 2.68 bits per heavy atom. The van der Waals surface area contributed by atoms with Gasteiger partial charge in [-0.1, -0.05) is 29.4 Å². The highest BCUT2D eigenvalue weighted by Gasteiger charge is 2.18. The highest BCUT2D eigenvalue weighted by molar-refractivity contribution is 7.14. The van der Waals surface area contributed by atoms with Crippen molar-refractivity contribution < 1.29 is 14.1 Å². The van der Waals surface area contributed by atoms with Crippen LogP contribution in [0, 0.1) is 13.8 Å². The molecule has 25 heavy (non-hydrogen) atoms. The Bertz CT molecular complexity index is 849. The normalized spacial score (nSPS) is 10.8. The zero-order valence-electron chi connectivity index (χ0n) is 14.3. The molecule has 6 nitrogen and oxygen atoms in total. The van der Waals surface area contributed by atoms with Crippen molar-refractivity contribution in [1.82, 2.24) is 10.1 Å². The van der Waals surface area contributed by atoms with Crippen molar-refractivity contribution in [3.8, 4) is 11.3 Å². The summed E-state index contributed by atoms with van der Waals surface area (Å²) in [7, 11) is 1.70. The summed E-state index contributed by atoms with van der Waals surface area (Å²) in [5.74, 6) is 0.241. The van der Waals surface area contributed by atoms with Crippen LogP contribution in [-0.4, -0.2) is 29.8 Å². The average molecular weight is 357 g/mol. The van der Waals surface area contributed by atoms with Gasteiger partial charge in [0.25, 0.3) is 5.91 Å². The summed E-state index contributed by atoms with van der Waals surface area (Å²) in [4.78, 5) is 16.8. The summed E-state index contributed by atoms with van der Waals surface area (Å²) in [6.45, 7) is 4.16. The summed E-state index contributed by atoms with van der Waals surface area (Å²) < 4.78 is 10.1. The third-order valence-corrected chi connectivity index (χ3v) is 4.59. The fourth-order valence-electron chi connectivity index (χ4n) is 2.49. The van der Waals surface area contributed by atoms with E-state index in [1.807, 2.05) is 17.5 Å². The van der Waals surface area contributed by atoms with Gasteiger partial charge >= 0.3 is 0 Å². The summed E-state index contributed by atoms with van der Waals surface area (Å²) in [6.07, 6.45) is 0.882. The van der Waals surface area contributed by atoms with E-state index in [0.29, 0.717) is 28.8 Å². The number of hydrogen-bond acceptors (Lipinski definition) is 6. The van der Waals surface area contributed by atoms with Crippen molar-refractivity contribution in [2.75, 3.05) is 19.0 Å². The van der Waals surface area contributed by atoms with Crippen molar-refractivity contribution in [2.24, 2.45) is 0 Å². The van der Waals surface area contributed by atoms with Gasteiger partial charge in [-0.25, -0.2) is 4.98 Å². The number of nitrogens with one attached hydrogen (secondary N) is 1. The molecule has 0 saturated heterocycles. The van der Waals surface area contributed by atoms with Crippen LogP contribution in [0.2, 0.25) is 0 Å². The Morgan fingerprint density at radius 2 is 2.04 bits per heavy atom. The monoisotopic (exact) mass is 357 g/mol. The van der Waals surface area contributed by atoms with Crippen molar-refractivity contribution >= 4 is 22.4 Å². The van der Waals surface area contributed by atoms with Gasteiger partial charge in [-0.15, -0.1) is 11.3 Å². The Morgan fingerprint density at radius 1 is 1.28 bits per heavy atom. The first-order valence-corrected chi connectivity index (χ1v) is 8.74. The number of anilines is 1. The van der Waals surface area contributed by atoms with Crippen LogP contribution in [0.4, 0.5) is 5.13 Å². The lowest BCUT2D eigenvalue weighted by atomic mass is 10.1. The first kappa shape index (κ1) is 17.3. The van der Waals surface area contributed by atoms with Crippen molar-refractivity contribution in [1.29, 1.82) is 0 Å². The number of carbonyl (C=O) groups excluding carboxylic acids is 1. The molecular weight excluding hydrogens is 338 g/mol. The van der Waals surface area contributed by atoms with E-state index in [1.165, 1.54) is 16.9 Å². The maximum atomic E-state index is 12.4. The molecule has 0 unspecified atom stereocenters. The number of amides is 1. The molecule has 1 N–H and O–H groups in total. The summed E-state index contributed by atoms with van der Waals surface area (Å²) in [5.41, 5.74) is 4.08. The number of ether oxygens (including phenoxy) is 1. The maximum Gasteiger partial charge on any atom is 0.262 e. The van der Waals surface area contributed by atoms with Crippen LogP contribution in [0.3, 0.4) is 0 Å². The number of carbonyl (C=O) groups is 1. The van der Waals surface area contributed by atoms with Gasteiger partial charge in [-0.3, -0.25) is 10.1 Å². The lowest BCUT2D eigenvalue weighted by molar-refractivity contribution is 0.102. The minimum absolute atomic E-state index is 0.257. The second-order valence-corrected chi connectivity index (χ2v) is 6.49. The molecule has 0 atom stereocenters. The molecule has 3 rings (SSSR count). The van der Waals surface area contributed by atoms with Crippen molar-refractivity contribution in [3.05, 3.63) is 52.2 Å². The number of hydrogen-bond donors (Lipinski definition) is 1. The maximum absolute atomic E-state index is 12.4. The Hall–Kier alpha value is -2.51. The molecular formula is C18H19N3O3S. The topological polar surface area (TPSA) is 77.2 Å². The molecule has 3 aromatic rings. The molecule has 2 aromatic heterocycles. The number of nitrogens with zero attached hydrogens (tertiary/aromatic N) is 2. The smallest absolute Gasteiger partial charge is 0.262 e. The van der Waals surface area contributed by atoms with E-state index in [-0.39, 0.29) is 5.91 Å². The van der Waals surface area contributed by atoms with Crippen LogP contribution in [0.15, 0.2) is 34.2 Å². The predicted molar refractivity (Wildman–Crippen MR) is 97.1 cm³/mol. The van der Waals surface area contributed by atoms with Gasteiger partial charge in [-0.05, 0) is 25.8 Å². The van der Waals surface area contributed by atoms with Gasteiger partial charge in [0.2, 0.25) is 0 Å². The third-order valence-electron chi connectivity index (χ3n) is 3.83. The van der Waals surface area contributed by atoms with E-state index in [4.69, 9.17) is 9.26 Å². The third kappa shape index (κ3) is 3.94. The quantitative estimate of drug-likeness (QED) is 0.725. The number of thiazole rings is 1.